The Labute approximate surface area is 142 Å². The van der Waals surface area contributed by atoms with Crippen molar-refractivity contribution in [2.24, 2.45) is 11.8 Å². The zero-order valence-electron chi connectivity index (χ0n) is 14.5. The van der Waals surface area contributed by atoms with Gasteiger partial charge < -0.3 is 14.6 Å². The standard InChI is InChI=1S/C19H25FN2O2/c1-12(2)19(23)22-7-6-17(13(3)11-22)21-10-16-9-14-8-15(20)4-5-18(14)24-16/h4-5,8-9,12-13,17,21H,6-7,10-11H2,1-3H3/t13-,17+/m0/s1. The number of fused-ring (bicyclic) bond motifs is 1. The van der Waals surface area contributed by atoms with Crippen LogP contribution in [-0.2, 0) is 11.3 Å². The van der Waals surface area contributed by atoms with Gasteiger partial charge in [-0.3, -0.25) is 4.79 Å². The molecule has 1 amide bonds. The first kappa shape index (κ1) is 17.0. The highest BCUT2D eigenvalue weighted by atomic mass is 19.1. The van der Waals surface area contributed by atoms with E-state index in [0.29, 0.717) is 24.1 Å². The normalized spacial score (nSPS) is 21.6. The molecule has 0 unspecified atom stereocenters. The second-order valence-electron chi connectivity index (χ2n) is 7.09. The summed E-state index contributed by atoms with van der Waals surface area (Å²) in [5.74, 6) is 1.24. The molecule has 1 saturated heterocycles. The molecule has 2 aromatic rings. The van der Waals surface area contributed by atoms with Crippen molar-refractivity contribution in [3.63, 3.8) is 0 Å². The molecule has 0 saturated carbocycles. The van der Waals surface area contributed by atoms with Gasteiger partial charge in [0.15, 0.2) is 0 Å². The highest BCUT2D eigenvalue weighted by Crippen LogP contribution is 2.22. The molecule has 3 rings (SSSR count). The lowest BCUT2D eigenvalue weighted by atomic mass is 9.93. The first-order chi connectivity index (χ1) is 11.4. The Kier molecular flexibility index (Phi) is 4.90. The largest absolute Gasteiger partial charge is 0.460 e. The van der Waals surface area contributed by atoms with E-state index in [1.54, 1.807) is 6.07 Å². The Morgan fingerprint density at radius 2 is 2.21 bits per heavy atom. The molecular weight excluding hydrogens is 307 g/mol. The highest BCUT2D eigenvalue weighted by molar-refractivity contribution is 5.78. The van der Waals surface area contributed by atoms with Crippen LogP contribution in [0.4, 0.5) is 4.39 Å². The van der Waals surface area contributed by atoms with E-state index in [9.17, 15) is 9.18 Å². The van der Waals surface area contributed by atoms with Gasteiger partial charge in [-0.25, -0.2) is 4.39 Å². The van der Waals surface area contributed by atoms with Gasteiger partial charge in [-0.2, -0.15) is 0 Å². The van der Waals surface area contributed by atoms with Crippen LogP contribution in [0.5, 0.6) is 0 Å². The summed E-state index contributed by atoms with van der Waals surface area (Å²) in [5.41, 5.74) is 0.707. The highest BCUT2D eigenvalue weighted by Gasteiger charge is 2.29. The van der Waals surface area contributed by atoms with Crippen LogP contribution in [0.2, 0.25) is 0 Å². The van der Waals surface area contributed by atoms with Gasteiger partial charge in [0.1, 0.15) is 17.2 Å². The van der Waals surface area contributed by atoms with E-state index in [0.717, 1.165) is 30.7 Å². The number of hydrogen-bond donors (Lipinski definition) is 1. The molecule has 24 heavy (non-hydrogen) atoms. The van der Waals surface area contributed by atoms with Crippen LogP contribution in [0.1, 0.15) is 33.0 Å². The molecule has 4 nitrogen and oxygen atoms in total. The minimum Gasteiger partial charge on any atom is -0.460 e. The summed E-state index contributed by atoms with van der Waals surface area (Å²) in [4.78, 5) is 14.1. The maximum atomic E-state index is 13.2. The fourth-order valence-electron chi connectivity index (χ4n) is 3.40. The lowest BCUT2D eigenvalue weighted by Gasteiger charge is -2.38. The van der Waals surface area contributed by atoms with E-state index in [-0.39, 0.29) is 17.6 Å². The molecule has 1 N–H and O–H groups in total. The molecule has 5 heteroatoms. The number of nitrogens with zero attached hydrogens (tertiary/aromatic N) is 1. The molecule has 1 aliphatic heterocycles. The summed E-state index contributed by atoms with van der Waals surface area (Å²) in [6, 6.07) is 6.79. The fourth-order valence-corrected chi connectivity index (χ4v) is 3.40. The Bertz CT molecular complexity index is 725. The number of rotatable bonds is 4. The van der Waals surface area contributed by atoms with E-state index >= 15 is 0 Å². The minimum absolute atomic E-state index is 0.0534. The first-order valence-corrected chi connectivity index (χ1v) is 8.64. The number of likely N-dealkylation sites (tertiary alicyclic amines) is 1. The van der Waals surface area contributed by atoms with Crippen LogP contribution in [0.25, 0.3) is 11.0 Å². The van der Waals surface area contributed by atoms with Gasteiger partial charge in [0.05, 0.1) is 6.54 Å². The van der Waals surface area contributed by atoms with Crippen LogP contribution in [0, 0.1) is 17.7 Å². The van der Waals surface area contributed by atoms with Gasteiger partial charge in [-0.1, -0.05) is 20.8 Å². The molecule has 1 aromatic carbocycles. The van der Waals surface area contributed by atoms with E-state index in [4.69, 9.17) is 4.42 Å². The van der Waals surface area contributed by atoms with Crippen LogP contribution >= 0.6 is 0 Å². The Morgan fingerprint density at radius 3 is 2.92 bits per heavy atom. The van der Waals surface area contributed by atoms with Crippen LogP contribution in [-0.4, -0.2) is 29.9 Å². The summed E-state index contributed by atoms with van der Waals surface area (Å²) >= 11 is 0. The molecule has 0 aliphatic carbocycles. The second kappa shape index (κ2) is 6.93. The summed E-state index contributed by atoms with van der Waals surface area (Å²) in [6.45, 7) is 8.27. The maximum absolute atomic E-state index is 13.2. The fraction of sp³-hybridized carbons (Fsp3) is 0.526. The van der Waals surface area contributed by atoms with Crippen molar-refractivity contribution in [3.8, 4) is 0 Å². The van der Waals surface area contributed by atoms with Crippen LogP contribution in [0.15, 0.2) is 28.7 Å². The molecule has 0 radical (unpaired) electrons. The van der Waals surface area contributed by atoms with E-state index in [1.807, 2.05) is 24.8 Å². The number of nitrogens with one attached hydrogen (secondary N) is 1. The molecule has 1 fully saturated rings. The number of hydrogen-bond acceptors (Lipinski definition) is 3. The lowest BCUT2D eigenvalue weighted by Crippen LogP contribution is -2.50. The Hall–Kier alpha value is -1.88. The summed E-state index contributed by atoms with van der Waals surface area (Å²) < 4.78 is 19.0. The molecule has 1 aromatic heterocycles. The number of benzene rings is 1. The van der Waals surface area contributed by atoms with Gasteiger partial charge in [0, 0.05) is 30.4 Å². The Morgan fingerprint density at radius 1 is 1.42 bits per heavy atom. The topological polar surface area (TPSA) is 45.5 Å². The zero-order chi connectivity index (χ0) is 17.3. The third-order valence-corrected chi connectivity index (χ3v) is 4.78. The third-order valence-electron chi connectivity index (χ3n) is 4.78. The number of piperidine rings is 1. The quantitative estimate of drug-likeness (QED) is 0.931. The molecular formula is C19H25FN2O2. The third kappa shape index (κ3) is 3.61. The predicted molar refractivity (Wildman–Crippen MR) is 92.0 cm³/mol. The average molecular weight is 332 g/mol. The molecule has 0 spiro atoms. The Balaban J connectivity index is 1.57. The van der Waals surface area contributed by atoms with Crippen molar-refractivity contribution < 1.29 is 13.6 Å². The summed E-state index contributed by atoms with van der Waals surface area (Å²) in [5, 5.41) is 4.32. The molecule has 130 valence electrons. The van der Waals surface area contributed by atoms with Gasteiger partial charge in [0.25, 0.3) is 0 Å². The van der Waals surface area contributed by atoms with E-state index in [2.05, 4.69) is 12.2 Å². The van der Waals surface area contributed by atoms with Crippen molar-refractivity contribution in [1.82, 2.24) is 10.2 Å². The average Bonchev–Trinajstić information content (AvgIpc) is 2.94. The summed E-state index contributed by atoms with van der Waals surface area (Å²) in [6.07, 6.45) is 0.939. The van der Waals surface area contributed by atoms with E-state index < -0.39 is 0 Å². The van der Waals surface area contributed by atoms with Crippen molar-refractivity contribution in [1.29, 1.82) is 0 Å². The second-order valence-corrected chi connectivity index (χ2v) is 7.09. The van der Waals surface area contributed by atoms with Gasteiger partial charge in [-0.15, -0.1) is 0 Å². The first-order valence-electron chi connectivity index (χ1n) is 8.64. The van der Waals surface area contributed by atoms with Gasteiger partial charge in [0.2, 0.25) is 5.91 Å². The predicted octanol–water partition coefficient (Wildman–Crippen LogP) is 3.55. The number of amides is 1. The van der Waals surface area contributed by atoms with Crippen molar-refractivity contribution in [3.05, 3.63) is 35.8 Å². The van der Waals surface area contributed by atoms with Crippen molar-refractivity contribution in [2.75, 3.05) is 13.1 Å². The number of carbonyl (C=O) groups excluding carboxylic acids is 1. The van der Waals surface area contributed by atoms with Crippen molar-refractivity contribution >= 4 is 16.9 Å². The lowest BCUT2D eigenvalue weighted by molar-refractivity contribution is -0.136. The summed E-state index contributed by atoms with van der Waals surface area (Å²) in [7, 11) is 0. The van der Waals surface area contributed by atoms with Crippen LogP contribution < -0.4 is 5.32 Å². The number of halogens is 1. The smallest absolute Gasteiger partial charge is 0.225 e. The zero-order valence-corrected chi connectivity index (χ0v) is 14.5. The number of furan rings is 1. The monoisotopic (exact) mass is 332 g/mol. The molecule has 1 aliphatic rings. The van der Waals surface area contributed by atoms with Crippen LogP contribution in [0.3, 0.4) is 0 Å². The molecule has 2 atom stereocenters. The molecule has 0 bridgehead atoms. The number of carbonyl (C=O) groups is 1. The van der Waals surface area contributed by atoms with E-state index in [1.165, 1.54) is 12.1 Å². The minimum atomic E-state index is -0.251. The SMILES string of the molecule is CC(C)C(=O)N1CC[C@@H](NCc2cc3cc(F)ccc3o2)[C@@H](C)C1. The van der Waals surface area contributed by atoms with Gasteiger partial charge in [-0.05, 0) is 36.6 Å². The van der Waals surface area contributed by atoms with Crippen molar-refractivity contribution in [2.45, 2.75) is 39.8 Å². The molecule has 2 heterocycles. The van der Waals surface area contributed by atoms with Gasteiger partial charge >= 0.3 is 0 Å². The maximum Gasteiger partial charge on any atom is 0.225 e.